The van der Waals surface area contributed by atoms with Crippen molar-refractivity contribution in [2.75, 3.05) is 7.11 Å². The number of halogens is 1. The van der Waals surface area contributed by atoms with Crippen molar-refractivity contribution >= 4 is 11.6 Å². The van der Waals surface area contributed by atoms with E-state index in [1.165, 1.54) is 0 Å². The minimum absolute atomic E-state index is 0.154. The van der Waals surface area contributed by atoms with Crippen LogP contribution in [0.4, 0.5) is 0 Å². The van der Waals surface area contributed by atoms with Crippen molar-refractivity contribution in [1.29, 1.82) is 0 Å². The van der Waals surface area contributed by atoms with Crippen LogP contribution < -0.4 is 15.2 Å². The van der Waals surface area contributed by atoms with Gasteiger partial charge in [0.1, 0.15) is 0 Å². The van der Waals surface area contributed by atoms with Crippen LogP contribution in [0.2, 0.25) is 5.02 Å². The number of methoxy groups -OCH3 is 1. The van der Waals surface area contributed by atoms with E-state index in [9.17, 15) is 0 Å². The van der Waals surface area contributed by atoms with Gasteiger partial charge >= 0.3 is 0 Å². The van der Waals surface area contributed by atoms with E-state index in [-0.39, 0.29) is 6.61 Å². The van der Waals surface area contributed by atoms with E-state index in [1.807, 2.05) is 6.92 Å². The summed E-state index contributed by atoms with van der Waals surface area (Å²) in [6.45, 7) is 2.46. The highest BCUT2D eigenvalue weighted by Gasteiger charge is 2.13. The maximum atomic E-state index is 6.17. The molecule has 20 heavy (non-hydrogen) atoms. The molecular formula is C13H16ClN3O3. The Morgan fingerprint density at radius 2 is 2.20 bits per heavy atom. The molecule has 0 saturated heterocycles. The lowest BCUT2D eigenvalue weighted by Crippen LogP contribution is -2.02. The van der Waals surface area contributed by atoms with E-state index in [4.69, 9.17) is 31.3 Å². The summed E-state index contributed by atoms with van der Waals surface area (Å²) < 4.78 is 15.9. The Kier molecular flexibility index (Phi) is 4.81. The number of rotatable bonds is 6. The second-order valence-electron chi connectivity index (χ2n) is 4.06. The molecule has 0 aliphatic heterocycles. The number of aryl methyl sites for hydroxylation is 1. The van der Waals surface area contributed by atoms with E-state index in [1.54, 1.807) is 19.2 Å². The van der Waals surface area contributed by atoms with Gasteiger partial charge in [-0.1, -0.05) is 23.7 Å². The van der Waals surface area contributed by atoms with Gasteiger partial charge in [-0.3, -0.25) is 0 Å². The fraction of sp³-hybridized carbons (Fsp3) is 0.385. The zero-order valence-corrected chi connectivity index (χ0v) is 12.1. The number of hydrogen-bond donors (Lipinski definition) is 1. The minimum atomic E-state index is 0.154. The van der Waals surface area contributed by atoms with Crippen molar-refractivity contribution in [3.63, 3.8) is 0 Å². The Morgan fingerprint density at radius 1 is 1.40 bits per heavy atom. The van der Waals surface area contributed by atoms with E-state index in [2.05, 4.69) is 10.1 Å². The first kappa shape index (κ1) is 14.6. The molecule has 1 heterocycles. The number of aromatic nitrogens is 2. The molecule has 0 aliphatic rings. The fourth-order valence-corrected chi connectivity index (χ4v) is 1.95. The molecule has 0 fully saturated rings. The largest absolute Gasteiger partial charge is 0.493 e. The van der Waals surface area contributed by atoms with E-state index in [0.29, 0.717) is 41.2 Å². The molecule has 0 radical (unpaired) electrons. The van der Waals surface area contributed by atoms with Crippen LogP contribution in [0.3, 0.4) is 0 Å². The summed E-state index contributed by atoms with van der Waals surface area (Å²) in [5.74, 6) is 1.99. The summed E-state index contributed by atoms with van der Waals surface area (Å²) >= 11 is 6.17. The molecule has 0 saturated carbocycles. The molecule has 1 aromatic heterocycles. The lowest BCUT2D eigenvalue weighted by atomic mass is 10.2. The fourth-order valence-electron chi connectivity index (χ4n) is 1.66. The van der Waals surface area contributed by atoms with Crippen LogP contribution in [0, 0.1) is 0 Å². The summed E-state index contributed by atoms with van der Waals surface area (Å²) in [7, 11) is 1.54. The van der Waals surface area contributed by atoms with Gasteiger partial charge in [0.15, 0.2) is 18.1 Å². The first-order valence-corrected chi connectivity index (χ1v) is 6.56. The van der Waals surface area contributed by atoms with Gasteiger partial charge in [0.2, 0.25) is 11.7 Å². The summed E-state index contributed by atoms with van der Waals surface area (Å²) in [4.78, 5) is 4.16. The van der Waals surface area contributed by atoms with Crippen LogP contribution in [0.25, 0.3) is 0 Å². The topological polar surface area (TPSA) is 83.4 Å². The second kappa shape index (κ2) is 6.58. The SMILES string of the molecule is CCc1nc(COc2c(Cl)cc(CN)cc2OC)no1. The average molecular weight is 298 g/mol. The molecule has 2 N–H and O–H groups in total. The average Bonchev–Trinajstić information content (AvgIpc) is 2.93. The molecule has 1 aromatic carbocycles. The second-order valence-corrected chi connectivity index (χ2v) is 4.47. The Labute approximate surface area is 121 Å². The first-order valence-electron chi connectivity index (χ1n) is 6.18. The van der Waals surface area contributed by atoms with Gasteiger partial charge < -0.3 is 19.7 Å². The molecule has 0 amide bonds. The number of benzene rings is 1. The predicted octanol–water partition coefficient (Wildman–Crippen LogP) is 2.33. The van der Waals surface area contributed by atoms with Crippen LogP contribution in [-0.4, -0.2) is 17.3 Å². The van der Waals surface area contributed by atoms with Crippen molar-refractivity contribution < 1.29 is 14.0 Å². The molecule has 6 nitrogen and oxygen atoms in total. The third-order valence-electron chi connectivity index (χ3n) is 2.68. The van der Waals surface area contributed by atoms with Crippen LogP contribution in [0.15, 0.2) is 16.7 Å². The summed E-state index contributed by atoms with van der Waals surface area (Å²) in [5.41, 5.74) is 6.46. The highest BCUT2D eigenvalue weighted by molar-refractivity contribution is 6.32. The normalized spacial score (nSPS) is 10.6. The minimum Gasteiger partial charge on any atom is -0.493 e. The van der Waals surface area contributed by atoms with Crippen LogP contribution >= 0.6 is 11.6 Å². The van der Waals surface area contributed by atoms with Gasteiger partial charge in [0.25, 0.3) is 0 Å². The molecule has 0 aliphatic carbocycles. The van der Waals surface area contributed by atoms with Crippen molar-refractivity contribution in [2.45, 2.75) is 26.5 Å². The predicted molar refractivity (Wildman–Crippen MR) is 73.9 cm³/mol. The monoisotopic (exact) mass is 297 g/mol. The highest BCUT2D eigenvalue weighted by atomic mass is 35.5. The smallest absolute Gasteiger partial charge is 0.226 e. The Balaban J connectivity index is 2.16. The van der Waals surface area contributed by atoms with Crippen molar-refractivity contribution in [3.8, 4) is 11.5 Å². The molecule has 7 heteroatoms. The molecule has 0 atom stereocenters. The Bertz CT molecular complexity index is 586. The number of nitrogens with zero attached hydrogens (tertiary/aromatic N) is 2. The van der Waals surface area contributed by atoms with E-state index < -0.39 is 0 Å². The van der Waals surface area contributed by atoms with Crippen LogP contribution in [0.1, 0.15) is 24.2 Å². The van der Waals surface area contributed by atoms with Crippen molar-refractivity contribution in [1.82, 2.24) is 10.1 Å². The summed E-state index contributed by atoms with van der Waals surface area (Å²) in [6, 6.07) is 3.53. The quantitative estimate of drug-likeness (QED) is 0.881. The number of hydrogen-bond acceptors (Lipinski definition) is 6. The van der Waals surface area contributed by atoms with Crippen LogP contribution in [-0.2, 0) is 19.6 Å². The zero-order valence-electron chi connectivity index (χ0n) is 11.4. The molecule has 0 bridgehead atoms. The molecular weight excluding hydrogens is 282 g/mol. The molecule has 0 unspecified atom stereocenters. The zero-order chi connectivity index (χ0) is 14.5. The number of ether oxygens (including phenoxy) is 2. The van der Waals surface area contributed by atoms with Gasteiger partial charge in [-0.25, -0.2) is 0 Å². The van der Waals surface area contributed by atoms with Gasteiger partial charge in [0.05, 0.1) is 12.1 Å². The highest BCUT2D eigenvalue weighted by Crippen LogP contribution is 2.36. The molecule has 108 valence electrons. The standard InChI is InChI=1S/C13H16ClN3O3/c1-3-12-16-11(17-20-12)7-19-13-9(14)4-8(6-15)5-10(13)18-2/h4-5H,3,6-7,15H2,1-2H3. The van der Waals surface area contributed by atoms with E-state index >= 15 is 0 Å². The summed E-state index contributed by atoms with van der Waals surface area (Å²) in [5, 5.41) is 4.24. The van der Waals surface area contributed by atoms with Gasteiger partial charge in [0, 0.05) is 13.0 Å². The molecule has 2 aromatic rings. The maximum absolute atomic E-state index is 6.17. The number of nitrogens with two attached hydrogens (primary N) is 1. The lowest BCUT2D eigenvalue weighted by molar-refractivity contribution is 0.269. The third-order valence-corrected chi connectivity index (χ3v) is 2.96. The van der Waals surface area contributed by atoms with Gasteiger partial charge in [-0.05, 0) is 17.7 Å². The molecule has 2 rings (SSSR count). The van der Waals surface area contributed by atoms with Crippen molar-refractivity contribution in [3.05, 3.63) is 34.4 Å². The van der Waals surface area contributed by atoms with E-state index in [0.717, 1.165) is 5.56 Å². The van der Waals surface area contributed by atoms with Crippen LogP contribution in [0.5, 0.6) is 11.5 Å². The lowest BCUT2D eigenvalue weighted by Gasteiger charge is -2.12. The van der Waals surface area contributed by atoms with Crippen molar-refractivity contribution in [2.24, 2.45) is 5.73 Å². The maximum Gasteiger partial charge on any atom is 0.226 e. The third kappa shape index (κ3) is 3.20. The van der Waals surface area contributed by atoms with Gasteiger partial charge in [-0.2, -0.15) is 4.98 Å². The summed E-state index contributed by atoms with van der Waals surface area (Å²) in [6.07, 6.45) is 0.683. The Hall–Kier alpha value is -1.79. The Morgan fingerprint density at radius 3 is 2.80 bits per heavy atom. The van der Waals surface area contributed by atoms with Gasteiger partial charge in [-0.15, -0.1) is 0 Å². The first-order chi connectivity index (χ1) is 9.67. The molecule has 0 spiro atoms.